The maximum absolute atomic E-state index is 13.1. The molecule has 1 aliphatic rings. The van der Waals surface area contributed by atoms with Gasteiger partial charge in [-0.25, -0.2) is 19.4 Å². The zero-order chi connectivity index (χ0) is 24.7. The van der Waals surface area contributed by atoms with Gasteiger partial charge in [0, 0.05) is 17.5 Å². The van der Waals surface area contributed by atoms with Gasteiger partial charge in [-0.1, -0.05) is 5.21 Å². The summed E-state index contributed by atoms with van der Waals surface area (Å²) in [5.41, 5.74) is 2.64. The number of hydrogen-bond acceptors (Lipinski definition) is 8. The molecule has 4 aromatic rings. The summed E-state index contributed by atoms with van der Waals surface area (Å²) in [7, 11) is 0. The quantitative estimate of drug-likeness (QED) is 0.381. The highest BCUT2D eigenvalue weighted by atomic mass is 32.1. The topological polar surface area (TPSA) is 145 Å². The number of carboxylic acid groups (broad SMARTS) is 1. The van der Waals surface area contributed by atoms with Crippen molar-refractivity contribution in [1.82, 2.24) is 34.8 Å². The van der Waals surface area contributed by atoms with E-state index in [0.29, 0.717) is 46.1 Å². The molecule has 11 nitrogen and oxygen atoms in total. The first-order chi connectivity index (χ1) is 16.8. The van der Waals surface area contributed by atoms with Crippen LogP contribution < -0.4 is 10.9 Å². The number of thiazole rings is 1. The number of rotatable bonds is 8. The molecule has 1 atom stereocenters. The first-order valence-electron chi connectivity index (χ1n) is 11.2. The molecule has 0 aliphatic heterocycles. The molecule has 1 unspecified atom stereocenters. The fourth-order valence-electron chi connectivity index (χ4n) is 4.07. The molecule has 5 rings (SSSR count). The standard InChI is InChI=1S/C23H23N7O4S/c1-3-30-18-7-6-14(8-15(18)24-12(2)22(30)32)21(31)26-20(13-4-5-13)16-9-29(28-27-16)10-19-25-17(11-35-19)23(33)34/h6-9,11,13,20H,3-5,10H2,1-2H3,(H,26,31)(H,33,34). The van der Waals surface area contributed by atoms with Crippen molar-refractivity contribution in [3.05, 3.63) is 67.8 Å². The van der Waals surface area contributed by atoms with Gasteiger partial charge in [-0.2, -0.15) is 0 Å². The van der Waals surface area contributed by atoms with Crippen LogP contribution in [0.25, 0.3) is 11.0 Å². The zero-order valence-corrected chi connectivity index (χ0v) is 19.9. The highest BCUT2D eigenvalue weighted by Crippen LogP contribution is 2.40. The van der Waals surface area contributed by atoms with E-state index in [1.54, 1.807) is 40.6 Å². The molecule has 1 saturated carbocycles. The number of aryl methyl sites for hydroxylation is 2. The number of fused-ring (bicyclic) bond motifs is 1. The Labute approximate surface area is 203 Å². The number of aromatic carboxylic acids is 1. The van der Waals surface area contributed by atoms with Crippen LogP contribution in [0.4, 0.5) is 0 Å². The Morgan fingerprint density at radius 2 is 2.09 bits per heavy atom. The second-order valence-corrected chi connectivity index (χ2v) is 9.45. The number of carbonyl (C=O) groups is 2. The van der Waals surface area contributed by atoms with E-state index in [4.69, 9.17) is 5.11 Å². The predicted octanol–water partition coefficient (Wildman–Crippen LogP) is 2.40. The summed E-state index contributed by atoms with van der Waals surface area (Å²) in [5, 5.41) is 22.6. The van der Waals surface area contributed by atoms with Crippen molar-refractivity contribution in [2.45, 2.75) is 45.8 Å². The Balaban J connectivity index is 1.36. The van der Waals surface area contributed by atoms with Gasteiger partial charge in [-0.05, 0) is 50.8 Å². The first kappa shape index (κ1) is 22.8. The number of carbonyl (C=O) groups excluding carboxylic acids is 1. The maximum Gasteiger partial charge on any atom is 0.355 e. The number of aromatic nitrogens is 6. The van der Waals surface area contributed by atoms with Crippen LogP contribution in [0.2, 0.25) is 0 Å². The molecule has 1 fully saturated rings. The average molecular weight is 494 g/mol. The van der Waals surface area contributed by atoms with E-state index >= 15 is 0 Å². The van der Waals surface area contributed by atoms with Crippen LogP contribution >= 0.6 is 11.3 Å². The van der Waals surface area contributed by atoms with E-state index in [-0.39, 0.29) is 29.1 Å². The Hall–Kier alpha value is -3.93. The summed E-state index contributed by atoms with van der Waals surface area (Å²) in [4.78, 5) is 45.0. The number of benzene rings is 1. The molecule has 1 amide bonds. The molecule has 180 valence electrons. The van der Waals surface area contributed by atoms with Crippen LogP contribution in [0.1, 0.15) is 63.0 Å². The lowest BCUT2D eigenvalue weighted by Gasteiger charge is -2.16. The van der Waals surface area contributed by atoms with Crippen molar-refractivity contribution < 1.29 is 14.7 Å². The van der Waals surface area contributed by atoms with E-state index in [0.717, 1.165) is 12.8 Å². The van der Waals surface area contributed by atoms with Gasteiger partial charge in [0.2, 0.25) is 0 Å². The predicted molar refractivity (Wildman–Crippen MR) is 128 cm³/mol. The zero-order valence-electron chi connectivity index (χ0n) is 19.1. The summed E-state index contributed by atoms with van der Waals surface area (Å²) >= 11 is 1.24. The van der Waals surface area contributed by atoms with Gasteiger partial charge >= 0.3 is 5.97 Å². The van der Waals surface area contributed by atoms with E-state index in [2.05, 4.69) is 25.6 Å². The number of nitrogens with one attached hydrogen (secondary N) is 1. The summed E-state index contributed by atoms with van der Waals surface area (Å²) in [6.07, 6.45) is 3.72. The third-order valence-electron chi connectivity index (χ3n) is 6.01. The Kier molecular flexibility index (Phi) is 5.89. The van der Waals surface area contributed by atoms with Crippen molar-refractivity contribution in [1.29, 1.82) is 0 Å². The average Bonchev–Trinajstić information content (AvgIpc) is 3.38. The van der Waals surface area contributed by atoms with Crippen molar-refractivity contribution in [2.24, 2.45) is 5.92 Å². The van der Waals surface area contributed by atoms with Gasteiger partial charge < -0.3 is 15.0 Å². The molecular formula is C23H23N7O4S. The molecule has 0 radical (unpaired) electrons. The van der Waals surface area contributed by atoms with Crippen LogP contribution in [0.15, 0.2) is 34.6 Å². The number of carboxylic acids is 1. The van der Waals surface area contributed by atoms with Crippen LogP contribution in [0.3, 0.4) is 0 Å². The van der Waals surface area contributed by atoms with Crippen LogP contribution in [0.5, 0.6) is 0 Å². The Morgan fingerprint density at radius 1 is 1.29 bits per heavy atom. The van der Waals surface area contributed by atoms with Gasteiger partial charge in [0.25, 0.3) is 11.5 Å². The monoisotopic (exact) mass is 493 g/mol. The Morgan fingerprint density at radius 3 is 2.77 bits per heavy atom. The smallest absolute Gasteiger partial charge is 0.355 e. The van der Waals surface area contributed by atoms with Gasteiger partial charge in [0.15, 0.2) is 5.69 Å². The molecule has 1 aromatic carbocycles. The third-order valence-corrected chi connectivity index (χ3v) is 6.84. The fourth-order valence-corrected chi connectivity index (χ4v) is 4.83. The minimum Gasteiger partial charge on any atom is -0.476 e. The molecule has 2 N–H and O–H groups in total. The second-order valence-electron chi connectivity index (χ2n) is 8.51. The molecule has 3 heterocycles. The van der Waals surface area contributed by atoms with Crippen LogP contribution in [-0.4, -0.2) is 46.5 Å². The normalized spacial score (nSPS) is 14.2. The minimum absolute atomic E-state index is 0.00413. The summed E-state index contributed by atoms with van der Waals surface area (Å²) < 4.78 is 3.24. The molecule has 1 aliphatic carbocycles. The van der Waals surface area contributed by atoms with Crippen molar-refractivity contribution in [3.8, 4) is 0 Å². The van der Waals surface area contributed by atoms with E-state index in [9.17, 15) is 14.4 Å². The summed E-state index contributed by atoms with van der Waals surface area (Å²) in [6, 6.07) is 4.86. The highest BCUT2D eigenvalue weighted by Gasteiger charge is 2.35. The lowest BCUT2D eigenvalue weighted by atomic mass is 10.1. The maximum atomic E-state index is 13.1. The Bertz CT molecular complexity index is 1500. The number of nitrogens with zero attached hydrogens (tertiary/aromatic N) is 6. The van der Waals surface area contributed by atoms with Gasteiger partial charge in [0.1, 0.15) is 16.4 Å². The van der Waals surface area contributed by atoms with Gasteiger partial charge in [-0.3, -0.25) is 9.59 Å². The van der Waals surface area contributed by atoms with Crippen LogP contribution in [0, 0.1) is 12.8 Å². The van der Waals surface area contributed by atoms with Crippen molar-refractivity contribution in [2.75, 3.05) is 0 Å². The van der Waals surface area contributed by atoms with E-state index in [1.165, 1.54) is 16.7 Å². The highest BCUT2D eigenvalue weighted by molar-refractivity contribution is 7.09. The lowest BCUT2D eigenvalue weighted by Crippen LogP contribution is -2.30. The number of hydrogen-bond donors (Lipinski definition) is 2. The molecule has 35 heavy (non-hydrogen) atoms. The first-order valence-corrected chi connectivity index (χ1v) is 12.1. The third kappa shape index (κ3) is 4.56. The van der Waals surface area contributed by atoms with Crippen LogP contribution in [-0.2, 0) is 13.1 Å². The molecular weight excluding hydrogens is 470 g/mol. The van der Waals surface area contributed by atoms with Crippen molar-refractivity contribution >= 4 is 34.2 Å². The number of amides is 1. The SMILES string of the molecule is CCn1c(=O)c(C)nc2cc(C(=O)NC(c3cn(Cc4nc(C(=O)O)cs4)nn3)C3CC3)ccc21. The summed E-state index contributed by atoms with van der Waals surface area (Å²) in [6.45, 7) is 4.38. The van der Waals surface area contributed by atoms with Gasteiger partial charge in [0.05, 0.1) is 29.8 Å². The largest absolute Gasteiger partial charge is 0.476 e. The second kappa shape index (κ2) is 9.02. The lowest BCUT2D eigenvalue weighted by molar-refractivity contribution is 0.0690. The molecule has 0 saturated heterocycles. The van der Waals surface area contributed by atoms with Gasteiger partial charge in [-0.15, -0.1) is 16.4 Å². The molecule has 0 spiro atoms. The fraction of sp³-hybridized carbons (Fsp3) is 0.348. The van der Waals surface area contributed by atoms with Crippen molar-refractivity contribution in [3.63, 3.8) is 0 Å². The molecule has 0 bridgehead atoms. The summed E-state index contributed by atoms with van der Waals surface area (Å²) in [5.74, 6) is -1.05. The minimum atomic E-state index is -1.07. The molecule has 3 aromatic heterocycles. The molecule has 12 heteroatoms. The van der Waals surface area contributed by atoms with E-state index < -0.39 is 5.97 Å². The van der Waals surface area contributed by atoms with E-state index in [1.807, 2.05) is 6.92 Å².